The van der Waals surface area contributed by atoms with Crippen LogP contribution in [0.4, 0.5) is 11.4 Å². The number of fused-ring (bicyclic) bond motifs is 2. The maximum Gasteiger partial charge on any atom is 0.153 e. The van der Waals surface area contributed by atoms with Crippen LogP contribution in [0.2, 0.25) is 0 Å². The molecule has 0 aromatic heterocycles. The topological polar surface area (TPSA) is 36.9 Å². The van der Waals surface area contributed by atoms with Crippen LogP contribution >= 0.6 is 0 Å². The molecule has 4 heteroatoms. The lowest BCUT2D eigenvalue weighted by Crippen LogP contribution is -2.43. The predicted molar refractivity (Wildman–Crippen MR) is 90.0 cm³/mol. The molecule has 2 aliphatic rings. The molecule has 0 spiro atoms. The Morgan fingerprint density at radius 3 is 2.82 bits per heavy atom. The maximum absolute atomic E-state index is 6.12. The summed E-state index contributed by atoms with van der Waals surface area (Å²) in [5.74, 6) is 1.69. The molecule has 1 fully saturated rings. The van der Waals surface area contributed by atoms with E-state index in [1.165, 1.54) is 11.3 Å². The lowest BCUT2D eigenvalue weighted by Gasteiger charge is -2.30. The number of benzene rings is 2. The third-order valence-electron chi connectivity index (χ3n) is 4.17. The van der Waals surface area contributed by atoms with E-state index in [4.69, 9.17) is 4.74 Å². The predicted octanol–water partition coefficient (Wildman–Crippen LogP) is 3.26. The Bertz CT molecular complexity index is 733. The zero-order valence-corrected chi connectivity index (χ0v) is 12.7. The number of rotatable bonds is 1. The lowest BCUT2D eigenvalue weighted by atomic mass is 10.1. The van der Waals surface area contributed by atoms with Crippen LogP contribution in [0.1, 0.15) is 11.1 Å². The molecule has 0 atom stereocenters. The number of hydrogen-bond acceptors (Lipinski definition) is 4. The number of hydrogen-bond donors (Lipinski definition) is 1. The number of nitrogens with zero attached hydrogens (tertiary/aromatic N) is 2. The van der Waals surface area contributed by atoms with Gasteiger partial charge in [0.1, 0.15) is 11.4 Å². The molecule has 1 saturated heterocycles. The highest BCUT2D eigenvalue weighted by Crippen LogP contribution is 2.39. The van der Waals surface area contributed by atoms with Crippen molar-refractivity contribution >= 4 is 17.6 Å². The average Bonchev–Trinajstić information content (AvgIpc) is 2.74. The van der Waals surface area contributed by atoms with Gasteiger partial charge in [-0.2, -0.15) is 0 Å². The molecule has 0 saturated carbocycles. The fraction of sp³-hybridized carbons (Fsp3) is 0.278. The molecule has 4 nitrogen and oxygen atoms in total. The molecule has 4 rings (SSSR count). The fourth-order valence-electron chi connectivity index (χ4n) is 3.00. The zero-order valence-electron chi connectivity index (χ0n) is 12.7. The molecule has 0 amide bonds. The molecular weight excluding hydrogens is 274 g/mol. The second-order valence-electron chi connectivity index (χ2n) is 5.76. The van der Waals surface area contributed by atoms with E-state index in [9.17, 15) is 0 Å². The van der Waals surface area contributed by atoms with Crippen molar-refractivity contribution in [1.29, 1.82) is 0 Å². The van der Waals surface area contributed by atoms with E-state index in [-0.39, 0.29) is 0 Å². The Hall–Kier alpha value is -2.33. The molecule has 22 heavy (non-hydrogen) atoms. The highest BCUT2D eigenvalue weighted by atomic mass is 16.5. The van der Waals surface area contributed by atoms with Crippen molar-refractivity contribution < 1.29 is 4.74 Å². The molecule has 2 aromatic carbocycles. The van der Waals surface area contributed by atoms with Gasteiger partial charge in [-0.3, -0.25) is 4.99 Å². The Kier molecular flexibility index (Phi) is 3.31. The van der Waals surface area contributed by atoms with Crippen LogP contribution in [-0.2, 0) is 0 Å². The van der Waals surface area contributed by atoms with Crippen LogP contribution in [0.5, 0.6) is 11.5 Å². The second kappa shape index (κ2) is 5.46. The van der Waals surface area contributed by atoms with Gasteiger partial charge >= 0.3 is 0 Å². The summed E-state index contributed by atoms with van der Waals surface area (Å²) in [7, 11) is 0. The second-order valence-corrected chi connectivity index (χ2v) is 5.76. The fourth-order valence-corrected chi connectivity index (χ4v) is 3.00. The minimum atomic E-state index is 0.818. The van der Waals surface area contributed by atoms with Gasteiger partial charge in [0, 0.05) is 38.1 Å². The first-order chi connectivity index (χ1) is 10.8. The Balaban J connectivity index is 1.78. The first-order valence-electron chi connectivity index (χ1n) is 7.72. The van der Waals surface area contributed by atoms with Crippen molar-refractivity contribution in [3.8, 4) is 11.5 Å². The van der Waals surface area contributed by atoms with Crippen molar-refractivity contribution in [3.63, 3.8) is 0 Å². The minimum Gasteiger partial charge on any atom is -0.454 e. The van der Waals surface area contributed by atoms with Gasteiger partial charge in [0.15, 0.2) is 5.75 Å². The van der Waals surface area contributed by atoms with Crippen molar-refractivity contribution in [2.45, 2.75) is 6.92 Å². The number of nitrogens with one attached hydrogen (secondary N) is 1. The largest absolute Gasteiger partial charge is 0.454 e. The Labute approximate surface area is 130 Å². The molecule has 0 aliphatic carbocycles. The lowest BCUT2D eigenvalue weighted by molar-refractivity contribution is 0.484. The van der Waals surface area contributed by atoms with Gasteiger partial charge in [0.2, 0.25) is 0 Å². The standard InChI is InChI=1S/C18H19N3O/c1-13-5-6-18-15(11-13)20-12-14-16(3-2-4-17(14)22-18)21-9-7-19-8-10-21/h2-6,11-12,19H,7-10H2,1H3. The van der Waals surface area contributed by atoms with Gasteiger partial charge in [-0.15, -0.1) is 0 Å². The minimum absolute atomic E-state index is 0.818. The van der Waals surface area contributed by atoms with Gasteiger partial charge in [-0.1, -0.05) is 12.1 Å². The molecule has 0 bridgehead atoms. The van der Waals surface area contributed by atoms with E-state index < -0.39 is 0 Å². The SMILES string of the molecule is Cc1ccc2c(c1)N=Cc1c(cccc1N1CCNCC1)O2. The van der Waals surface area contributed by atoms with Crippen LogP contribution < -0.4 is 15.0 Å². The van der Waals surface area contributed by atoms with Crippen molar-refractivity contribution in [3.05, 3.63) is 47.5 Å². The van der Waals surface area contributed by atoms with Crippen LogP contribution in [-0.4, -0.2) is 32.4 Å². The molecule has 2 heterocycles. The van der Waals surface area contributed by atoms with Gasteiger partial charge in [-0.25, -0.2) is 0 Å². The van der Waals surface area contributed by atoms with E-state index in [1.807, 2.05) is 18.3 Å². The maximum atomic E-state index is 6.12. The summed E-state index contributed by atoms with van der Waals surface area (Å²) < 4.78 is 6.12. The number of piperazine rings is 1. The molecule has 1 N–H and O–H groups in total. The van der Waals surface area contributed by atoms with E-state index >= 15 is 0 Å². The summed E-state index contributed by atoms with van der Waals surface area (Å²) >= 11 is 0. The quantitative estimate of drug-likeness (QED) is 0.748. The highest BCUT2D eigenvalue weighted by molar-refractivity contribution is 5.94. The third kappa shape index (κ3) is 2.35. The number of aryl methyl sites for hydroxylation is 1. The van der Waals surface area contributed by atoms with E-state index in [2.05, 4.69) is 46.4 Å². The number of anilines is 1. The monoisotopic (exact) mass is 293 g/mol. The van der Waals surface area contributed by atoms with Gasteiger partial charge < -0.3 is 15.0 Å². The number of aliphatic imine (C=N–C) groups is 1. The van der Waals surface area contributed by atoms with E-state index in [0.29, 0.717) is 0 Å². The zero-order chi connectivity index (χ0) is 14.9. The van der Waals surface area contributed by atoms with Crippen LogP contribution in [0, 0.1) is 6.92 Å². The number of ether oxygens (including phenoxy) is 1. The van der Waals surface area contributed by atoms with Crippen LogP contribution in [0.15, 0.2) is 41.4 Å². The van der Waals surface area contributed by atoms with Crippen molar-refractivity contribution in [1.82, 2.24) is 5.32 Å². The highest BCUT2D eigenvalue weighted by Gasteiger charge is 2.19. The van der Waals surface area contributed by atoms with Gasteiger partial charge in [0.25, 0.3) is 0 Å². The first kappa shape index (κ1) is 13.3. The summed E-state index contributed by atoms with van der Waals surface area (Å²) in [5, 5.41) is 3.39. The average molecular weight is 293 g/mol. The molecular formula is C18H19N3O. The van der Waals surface area contributed by atoms with Crippen LogP contribution in [0.25, 0.3) is 0 Å². The van der Waals surface area contributed by atoms with Crippen molar-refractivity contribution in [2.24, 2.45) is 4.99 Å². The Morgan fingerprint density at radius 1 is 1.09 bits per heavy atom. The first-order valence-corrected chi connectivity index (χ1v) is 7.72. The molecule has 2 aliphatic heterocycles. The third-order valence-corrected chi connectivity index (χ3v) is 4.17. The molecule has 0 radical (unpaired) electrons. The van der Waals surface area contributed by atoms with Crippen molar-refractivity contribution in [2.75, 3.05) is 31.1 Å². The smallest absolute Gasteiger partial charge is 0.153 e. The molecule has 0 unspecified atom stereocenters. The summed E-state index contributed by atoms with van der Waals surface area (Å²) in [5.41, 5.74) is 4.35. The summed E-state index contributed by atoms with van der Waals surface area (Å²) in [6.45, 7) is 6.12. The van der Waals surface area contributed by atoms with E-state index in [1.54, 1.807) is 0 Å². The summed E-state index contributed by atoms with van der Waals surface area (Å²) in [4.78, 5) is 7.05. The van der Waals surface area contributed by atoms with Gasteiger partial charge in [-0.05, 0) is 36.8 Å². The van der Waals surface area contributed by atoms with Crippen LogP contribution in [0.3, 0.4) is 0 Å². The summed E-state index contributed by atoms with van der Waals surface area (Å²) in [6, 6.07) is 12.3. The van der Waals surface area contributed by atoms with E-state index in [0.717, 1.165) is 48.9 Å². The normalized spacial score (nSPS) is 16.5. The molecule has 2 aromatic rings. The summed E-state index contributed by atoms with van der Waals surface area (Å²) in [6.07, 6.45) is 1.94. The Morgan fingerprint density at radius 2 is 1.95 bits per heavy atom. The van der Waals surface area contributed by atoms with Gasteiger partial charge in [0.05, 0.1) is 5.56 Å². The molecule has 112 valence electrons.